The second-order valence-electron chi connectivity index (χ2n) is 7.60. The number of anilines is 1. The summed E-state index contributed by atoms with van der Waals surface area (Å²) in [6.45, 7) is 4.95. The lowest BCUT2D eigenvalue weighted by Crippen LogP contribution is -2.21. The summed E-state index contributed by atoms with van der Waals surface area (Å²) in [6, 6.07) is 20.6. The molecule has 3 N–H and O–H groups in total. The number of hydrogen-bond donors (Lipinski definition) is 3. The van der Waals surface area contributed by atoms with Gasteiger partial charge in [-0.1, -0.05) is 59.6 Å². The van der Waals surface area contributed by atoms with E-state index >= 15 is 0 Å². The maximum Gasteiger partial charge on any atom is 0.262 e. The second-order valence-corrected chi connectivity index (χ2v) is 8.01. The van der Waals surface area contributed by atoms with Crippen LogP contribution in [-0.2, 0) is 11.3 Å². The van der Waals surface area contributed by atoms with Crippen LogP contribution in [0.1, 0.15) is 29.7 Å². The minimum Gasteiger partial charge on any atom is -0.490 e. The van der Waals surface area contributed by atoms with Gasteiger partial charge in [-0.25, -0.2) is 0 Å². The van der Waals surface area contributed by atoms with Crippen LogP contribution in [0, 0.1) is 6.92 Å². The van der Waals surface area contributed by atoms with Crippen molar-refractivity contribution in [3.05, 3.63) is 88.4 Å². The molecule has 0 bridgehead atoms. The lowest BCUT2D eigenvalue weighted by Gasteiger charge is -2.16. The molecule has 0 saturated heterocycles. The molecule has 1 unspecified atom stereocenters. The highest BCUT2D eigenvalue weighted by Crippen LogP contribution is 2.36. The van der Waals surface area contributed by atoms with E-state index in [-0.39, 0.29) is 12.5 Å². The number of aliphatic hydroxyl groups excluding tert-OH is 1. The summed E-state index contributed by atoms with van der Waals surface area (Å²) in [5, 5.41) is 16.7. The molecule has 0 radical (unpaired) electrons. The maximum atomic E-state index is 12.3. The highest BCUT2D eigenvalue weighted by atomic mass is 35.5. The number of aliphatic hydroxyl groups is 1. The van der Waals surface area contributed by atoms with Gasteiger partial charge in [-0.2, -0.15) is 0 Å². The van der Waals surface area contributed by atoms with E-state index in [1.807, 2.05) is 74.5 Å². The van der Waals surface area contributed by atoms with E-state index in [4.69, 9.17) is 21.1 Å². The first-order valence-electron chi connectivity index (χ1n) is 10.8. The van der Waals surface area contributed by atoms with Crippen LogP contribution in [0.4, 0.5) is 5.69 Å². The third-order valence-corrected chi connectivity index (χ3v) is 5.18. The zero-order valence-corrected chi connectivity index (χ0v) is 19.6. The zero-order valence-electron chi connectivity index (χ0n) is 18.8. The molecule has 3 rings (SSSR count). The van der Waals surface area contributed by atoms with Crippen molar-refractivity contribution in [2.75, 3.05) is 25.1 Å². The van der Waals surface area contributed by atoms with E-state index in [0.717, 1.165) is 16.7 Å². The monoisotopic (exact) mass is 468 g/mol. The Balaban J connectivity index is 1.59. The predicted octanol–water partition coefficient (Wildman–Crippen LogP) is 4.89. The Morgan fingerprint density at radius 2 is 1.79 bits per heavy atom. The normalized spacial score (nSPS) is 11.6. The molecular formula is C26H29ClN2O4. The van der Waals surface area contributed by atoms with E-state index in [1.54, 1.807) is 6.07 Å². The van der Waals surface area contributed by atoms with Crippen molar-refractivity contribution in [1.82, 2.24) is 5.32 Å². The molecule has 33 heavy (non-hydrogen) atoms. The Bertz CT molecular complexity index is 1040. The number of halogens is 1. The van der Waals surface area contributed by atoms with Gasteiger partial charge in [0, 0.05) is 18.8 Å². The molecular weight excluding hydrogens is 440 g/mol. The number of rotatable bonds is 11. The van der Waals surface area contributed by atoms with Crippen molar-refractivity contribution in [3.8, 4) is 11.5 Å². The molecule has 0 aliphatic heterocycles. The molecule has 0 aromatic heterocycles. The van der Waals surface area contributed by atoms with Crippen molar-refractivity contribution >= 4 is 23.2 Å². The lowest BCUT2D eigenvalue weighted by molar-refractivity contribution is -0.118. The molecule has 0 aliphatic rings. The summed E-state index contributed by atoms with van der Waals surface area (Å²) in [5.41, 5.74) is 3.54. The average Bonchev–Trinajstić information content (AvgIpc) is 2.81. The first-order chi connectivity index (χ1) is 16.0. The number of carbonyl (C=O) groups is 1. The number of ether oxygens (including phenoxy) is 2. The van der Waals surface area contributed by atoms with Gasteiger partial charge in [-0.15, -0.1) is 0 Å². The molecule has 6 nitrogen and oxygen atoms in total. The molecule has 0 fully saturated rings. The van der Waals surface area contributed by atoms with Gasteiger partial charge in [-0.05, 0) is 49.2 Å². The van der Waals surface area contributed by atoms with Crippen LogP contribution in [0.15, 0.2) is 66.7 Å². The molecule has 1 atom stereocenters. The predicted molar refractivity (Wildman–Crippen MR) is 131 cm³/mol. The van der Waals surface area contributed by atoms with Gasteiger partial charge < -0.3 is 25.2 Å². The van der Waals surface area contributed by atoms with Gasteiger partial charge in [-0.3, -0.25) is 4.79 Å². The summed E-state index contributed by atoms with van der Waals surface area (Å²) in [7, 11) is 0. The van der Waals surface area contributed by atoms with Crippen molar-refractivity contribution < 1.29 is 19.4 Å². The molecule has 0 spiro atoms. The summed E-state index contributed by atoms with van der Waals surface area (Å²) >= 11 is 6.45. The van der Waals surface area contributed by atoms with E-state index in [0.29, 0.717) is 41.9 Å². The van der Waals surface area contributed by atoms with Gasteiger partial charge >= 0.3 is 0 Å². The third kappa shape index (κ3) is 7.49. The molecule has 3 aromatic carbocycles. The number of amides is 1. The second kappa shape index (κ2) is 12.3. The largest absolute Gasteiger partial charge is 0.490 e. The number of carbonyl (C=O) groups excluding carboxylic acids is 1. The number of aryl methyl sites for hydroxylation is 1. The number of nitrogens with one attached hydrogen (secondary N) is 2. The molecule has 0 aliphatic carbocycles. The fraction of sp³-hybridized carbons (Fsp3) is 0.269. The molecule has 7 heteroatoms. The fourth-order valence-corrected chi connectivity index (χ4v) is 3.53. The number of benzene rings is 3. The van der Waals surface area contributed by atoms with Crippen LogP contribution in [0.5, 0.6) is 11.5 Å². The first kappa shape index (κ1) is 24.6. The minimum absolute atomic E-state index is 0.200. The Labute approximate surface area is 199 Å². The van der Waals surface area contributed by atoms with Gasteiger partial charge in [0.25, 0.3) is 5.91 Å². The van der Waals surface area contributed by atoms with Crippen molar-refractivity contribution in [2.45, 2.75) is 26.5 Å². The fourth-order valence-electron chi connectivity index (χ4n) is 3.24. The standard InChI is InChI=1S/C26H29ClN2O4/c1-3-32-24-14-19(15-28-16-23(30)20-7-5-4-6-8-20)13-22(27)26(24)33-17-25(31)29-21-11-9-18(2)10-12-21/h4-14,23,28,30H,3,15-17H2,1-2H3,(H,29,31). The SMILES string of the molecule is CCOc1cc(CNCC(O)c2ccccc2)cc(Cl)c1OCC(=O)Nc1ccc(C)cc1. The lowest BCUT2D eigenvalue weighted by atomic mass is 10.1. The topological polar surface area (TPSA) is 79.8 Å². The van der Waals surface area contributed by atoms with E-state index in [9.17, 15) is 9.90 Å². The smallest absolute Gasteiger partial charge is 0.262 e. The average molecular weight is 469 g/mol. The Kier molecular flexibility index (Phi) is 9.13. The van der Waals surface area contributed by atoms with Gasteiger partial charge in [0.15, 0.2) is 18.1 Å². The molecule has 3 aromatic rings. The molecule has 1 amide bonds. The Hall–Kier alpha value is -3.06. The van der Waals surface area contributed by atoms with E-state index in [1.165, 1.54) is 0 Å². The van der Waals surface area contributed by atoms with Crippen LogP contribution in [0.3, 0.4) is 0 Å². The summed E-state index contributed by atoms with van der Waals surface area (Å²) < 4.78 is 11.4. The van der Waals surface area contributed by atoms with Crippen LogP contribution >= 0.6 is 11.6 Å². The first-order valence-corrected chi connectivity index (χ1v) is 11.2. The highest BCUT2D eigenvalue weighted by molar-refractivity contribution is 6.32. The minimum atomic E-state index is -0.609. The van der Waals surface area contributed by atoms with Crippen LogP contribution in [-0.4, -0.2) is 30.8 Å². The van der Waals surface area contributed by atoms with Crippen LogP contribution in [0.25, 0.3) is 0 Å². The highest BCUT2D eigenvalue weighted by Gasteiger charge is 2.15. The quantitative estimate of drug-likeness (QED) is 0.373. The third-order valence-electron chi connectivity index (χ3n) is 4.90. The zero-order chi connectivity index (χ0) is 23.6. The summed E-state index contributed by atoms with van der Waals surface area (Å²) in [5.74, 6) is 0.497. The number of hydrogen-bond acceptors (Lipinski definition) is 5. The van der Waals surface area contributed by atoms with Crippen molar-refractivity contribution in [2.24, 2.45) is 0 Å². The van der Waals surface area contributed by atoms with Crippen LogP contribution in [0.2, 0.25) is 5.02 Å². The molecule has 0 heterocycles. The van der Waals surface area contributed by atoms with Gasteiger partial charge in [0.2, 0.25) is 0 Å². The maximum absolute atomic E-state index is 12.3. The Morgan fingerprint density at radius 3 is 2.48 bits per heavy atom. The van der Waals surface area contributed by atoms with Crippen molar-refractivity contribution in [1.29, 1.82) is 0 Å². The van der Waals surface area contributed by atoms with E-state index in [2.05, 4.69) is 10.6 Å². The van der Waals surface area contributed by atoms with Crippen LogP contribution < -0.4 is 20.1 Å². The Morgan fingerprint density at radius 1 is 1.06 bits per heavy atom. The summed E-state index contributed by atoms with van der Waals surface area (Å²) in [4.78, 5) is 12.3. The van der Waals surface area contributed by atoms with Gasteiger partial charge in [0.1, 0.15) is 0 Å². The van der Waals surface area contributed by atoms with E-state index < -0.39 is 6.10 Å². The van der Waals surface area contributed by atoms with Crippen molar-refractivity contribution in [3.63, 3.8) is 0 Å². The summed E-state index contributed by atoms with van der Waals surface area (Å²) in [6.07, 6.45) is -0.609. The van der Waals surface area contributed by atoms with Gasteiger partial charge in [0.05, 0.1) is 17.7 Å². The molecule has 174 valence electrons. The molecule has 0 saturated carbocycles.